The molecule has 0 heterocycles. The molecule has 1 N–H and O–H groups in total. The van der Waals surface area contributed by atoms with Crippen molar-refractivity contribution < 1.29 is 14.3 Å². The first-order chi connectivity index (χ1) is 9.51. The Hall–Kier alpha value is -1.42. The van der Waals surface area contributed by atoms with E-state index >= 15 is 0 Å². The Kier molecular flexibility index (Phi) is 6.65. The fraction of sp³-hybridized carbons (Fsp3) is 0.533. The van der Waals surface area contributed by atoms with E-state index in [1.165, 1.54) is 7.11 Å². The van der Waals surface area contributed by atoms with Gasteiger partial charge in [0.1, 0.15) is 11.5 Å². The molecule has 0 saturated carbocycles. The van der Waals surface area contributed by atoms with Gasteiger partial charge in [-0.25, -0.2) is 0 Å². The fourth-order valence-corrected chi connectivity index (χ4v) is 2.18. The summed E-state index contributed by atoms with van der Waals surface area (Å²) in [5.74, 6) is 1.81. The van der Waals surface area contributed by atoms with Gasteiger partial charge in [0.15, 0.2) is 0 Å². The van der Waals surface area contributed by atoms with Crippen LogP contribution in [0.3, 0.4) is 0 Å². The van der Waals surface area contributed by atoms with E-state index in [0.717, 1.165) is 6.42 Å². The molecule has 0 spiro atoms. The first kappa shape index (κ1) is 16.6. The highest BCUT2D eigenvalue weighted by Gasteiger charge is 2.18. The number of alkyl halides is 1. The van der Waals surface area contributed by atoms with E-state index in [4.69, 9.17) is 21.1 Å². The van der Waals surface area contributed by atoms with Crippen LogP contribution in [-0.2, 0) is 0 Å². The van der Waals surface area contributed by atoms with Gasteiger partial charge < -0.3 is 14.8 Å². The molecule has 20 heavy (non-hydrogen) atoms. The van der Waals surface area contributed by atoms with Crippen molar-refractivity contribution in [3.05, 3.63) is 23.8 Å². The number of benzene rings is 1. The normalized spacial score (nSPS) is 12.1. The summed E-state index contributed by atoms with van der Waals surface area (Å²) >= 11 is 5.90. The molecule has 0 bridgehead atoms. The van der Waals surface area contributed by atoms with Gasteiger partial charge in [-0.05, 0) is 24.5 Å². The Morgan fingerprint density at radius 1 is 1.30 bits per heavy atom. The van der Waals surface area contributed by atoms with E-state index < -0.39 is 0 Å². The summed E-state index contributed by atoms with van der Waals surface area (Å²) in [6.07, 6.45) is 0.841. The second kappa shape index (κ2) is 8.00. The monoisotopic (exact) mass is 299 g/mol. The topological polar surface area (TPSA) is 47.6 Å². The first-order valence-corrected chi connectivity index (χ1v) is 7.14. The highest BCUT2D eigenvalue weighted by Crippen LogP contribution is 2.24. The fourth-order valence-electron chi connectivity index (χ4n) is 1.98. The zero-order chi connectivity index (χ0) is 15.1. The number of hydrogen-bond donors (Lipinski definition) is 1. The minimum absolute atomic E-state index is 0.0454. The van der Waals surface area contributed by atoms with Gasteiger partial charge in [-0.3, -0.25) is 4.79 Å². The third-order valence-electron chi connectivity index (χ3n) is 2.93. The van der Waals surface area contributed by atoms with Gasteiger partial charge in [0.2, 0.25) is 0 Å². The van der Waals surface area contributed by atoms with Crippen LogP contribution in [0.25, 0.3) is 0 Å². The van der Waals surface area contributed by atoms with E-state index in [0.29, 0.717) is 28.9 Å². The smallest absolute Gasteiger partial charge is 0.255 e. The van der Waals surface area contributed by atoms with Crippen LogP contribution in [0.1, 0.15) is 30.6 Å². The largest absolute Gasteiger partial charge is 0.497 e. The van der Waals surface area contributed by atoms with Gasteiger partial charge in [-0.15, -0.1) is 11.6 Å². The molecule has 4 nitrogen and oxygen atoms in total. The van der Waals surface area contributed by atoms with Gasteiger partial charge in [-0.2, -0.15) is 0 Å². The minimum atomic E-state index is -0.184. The van der Waals surface area contributed by atoms with Crippen LogP contribution < -0.4 is 14.8 Å². The van der Waals surface area contributed by atoms with E-state index in [1.54, 1.807) is 25.3 Å². The van der Waals surface area contributed by atoms with Crippen LogP contribution in [0.5, 0.6) is 11.5 Å². The van der Waals surface area contributed by atoms with Crippen molar-refractivity contribution >= 4 is 17.5 Å². The minimum Gasteiger partial charge on any atom is -0.497 e. The molecule has 1 amide bonds. The second-order valence-electron chi connectivity index (χ2n) is 5.02. The predicted octanol–water partition coefficient (Wildman–Crippen LogP) is 3.09. The van der Waals surface area contributed by atoms with Gasteiger partial charge in [0.25, 0.3) is 5.91 Å². The number of halogens is 1. The summed E-state index contributed by atoms with van der Waals surface area (Å²) in [6.45, 7) is 4.19. The lowest BCUT2D eigenvalue weighted by Crippen LogP contribution is -2.37. The zero-order valence-corrected chi connectivity index (χ0v) is 13.2. The van der Waals surface area contributed by atoms with E-state index in [9.17, 15) is 4.79 Å². The van der Waals surface area contributed by atoms with Gasteiger partial charge in [0.05, 0.1) is 19.8 Å². The average molecular weight is 300 g/mol. The number of nitrogens with one attached hydrogen (secondary N) is 1. The number of carbonyl (C=O) groups is 1. The van der Waals surface area contributed by atoms with Crippen LogP contribution >= 0.6 is 11.6 Å². The molecule has 0 aliphatic rings. The molecule has 1 atom stereocenters. The Balaban J connectivity index is 2.85. The van der Waals surface area contributed by atoms with Crippen LogP contribution in [0.4, 0.5) is 0 Å². The van der Waals surface area contributed by atoms with Crippen LogP contribution in [-0.4, -0.2) is 32.0 Å². The van der Waals surface area contributed by atoms with Crippen molar-refractivity contribution in [1.82, 2.24) is 5.32 Å². The molecule has 0 aliphatic heterocycles. The van der Waals surface area contributed by atoms with E-state index in [-0.39, 0.29) is 11.9 Å². The molecular weight excluding hydrogens is 278 g/mol. The van der Waals surface area contributed by atoms with Crippen LogP contribution in [0.2, 0.25) is 0 Å². The first-order valence-electron chi connectivity index (χ1n) is 6.60. The Morgan fingerprint density at radius 3 is 2.50 bits per heavy atom. The van der Waals surface area contributed by atoms with Crippen molar-refractivity contribution in [3.63, 3.8) is 0 Å². The van der Waals surface area contributed by atoms with Crippen molar-refractivity contribution in [2.24, 2.45) is 5.92 Å². The third kappa shape index (κ3) is 4.60. The molecule has 1 unspecified atom stereocenters. The molecule has 0 aliphatic carbocycles. The molecular formula is C15H22ClNO3. The number of amides is 1. The highest BCUT2D eigenvalue weighted by atomic mass is 35.5. The molecule has 1 rings (SSSR count). The van der Waals surface area contributed by atoms with Crippen LogP contribution in [0.15, 0.2) is 18.2 Å². The summed E-state index contributed by atoms with van der Waals surface area (Å²) in [7, 11) is 3.10. The molecule has 0 saturated heterocycles. The lowest BCUT2D eigenvalue weighted by atomic mass is 10.0. The number of ether oxygens (including phenoxy) is 2. The lowest BCUT2D eigenvalue weighted by molar-refractivity contribution is 0.0933. The van der Waals surface area contributed by atoms with Gasteiger partial charge in [-0.1, -0.05) is 13.8 Å². The summed E-state index contributed by atoms with van der Waals surface area (Å²) in [5.41, 5.74) is 0.479. The summed E-state index contributed by atoms with van der Waals surface area (Å²) in [6, 6.07) is 5.06. The number of hydrogen-bond acceptors (Lipinski definition) is 3. The average Bonchev–Trinajstić information content (AvgIpc) is 2.45. The predicted molar refractivity (Wildman–Crippen MR) is 81.0 cm³/mol. The summed E-state index contributed by atoms with van der Waals surface area (Å²) in [4.78, 5) is 12.3. The number of methoxy groups -OCH3 is 2. The molecule has 1 aromatic carbocycles. The Morgan fingerprint density at radius 2 is 2.00 bits per heavy atom. The van der Waals surface area contributed by atoms with Crippen molar-refractivity contribution in [2.75, 3.05) is 20.1 Å². The van der Waals surface area contributed by atoms with Crippen molar-refractivity contribution in [3.8, 4) is 11.5 Å². The maximum atomic E-state index is 12.3. The van der Waals surface area contributed by atoms with Crippen molar-refractivity contribution in [2.45, 2.75) is 26.3 Å². The van der Waals surface area contributed by atoms with Gasteiger partial charge in [0, 0.05) is 18.0 Å². The quantitative estimate of drug-likeness (QED) is 0.787. The lowest BCUT2D eigenvalue weighted by Gasteiger charge is -2.19. The molecule has 112 valence electrons. The summed E-state index contributed by atoms with van der Waals surface area (Å²) < 4.78 is 10.3. The second-order valence-corrected chi connectivity index (χ2v) is 5.33. The zero-order valence-electron chi connectivity index (χ0n) is 12.4. The number of rotatable bonds is 7. The van der Waals surface area contributed by atoms with Gasteiger partial charge >= 0.3 is 0 Å². The van der Waals surface area contributed by atoms with Crippen molar-refractivity contribution in [1.29, 1.82) is 0 Å². The molecule has 1 aromatic rings. The van der Waals surface area contributed by atoms with E-state index in [1.807, 2.05) is 0 Å². The standard InChI is InChI=1S/C15H22ClNO3/c1-10(2)7-11(9-16)17-15(18)13-6-5-12(19-3)8-14(13)20-4/h5-6,8,10-11H,7,9H2,1-4H3,(H,17,18). The maximum absolute atomic E-state index is 12.3. The molecule has 0 radical (unpaired) electrons. The Labute approximate surface area is 125 Å². The SMILES string of the molecule is COc1ccc(C(=O)NC(CCl)CC(C)C)c(OC)c1. The van der Waals surface area contributed by atoms with E-state index in [2.05, 4.69) is 19.2 Å². The molecule has 5 heteroatoms. The molecule has 0 aromatic heterocycles. The Bertz CT molecular complexity index is 449. The highest BCUT2D eigenvalue weighted by molar-refractivity contribution is 6.18. The van der Waals surface area contributed by atoms with Crippen LogP contribution in [0, 0.1) is 5.92 Å². The summed E-state index contributed by atoms with van der Waals surface area (Å²) in [5, 5.41) is 2.93. The maximum Gasteiger partial charge on any atom is 0.255 e. The molecule has 0 fully saturated rings. The number of carbonyl (C=O) groups excluding carboxylic acids is 1. The third-order valence-corrected chi connectivity index (χ3v) is 3.30.